The number of piperidine rings is 1. The number of ether oxygens (including phenoxy) is 1. The summed E-state index contributed by atoms with van der Waals surface area (Å²) < 4.78 is 5.19. The molecule has 1 heterocycles. The van der Waals surface area contributed by atoms with E-state index >= 15 is 0 Å². The molecule has 2 rings (SSSR count). The van der Waals surface area contributed by atoms with E-state index < -0.39 is 0 Å². The molecule has 0 aromatic heterocycles. The molecule has 0 spiro atoms. The van der Waals surface area contributed by atoms with Gasteiger partial charge in [-0.25, -0.2) is 0 Å². The molecule has 0 bridgehead atoms. The minimum Gasteiger partial charge on any atom is -0.497 e. The standard InChI is InChI=1S/C14H21NO2/c1-17-13-4-2-12(3-5-13)14(8-11-16)6-9-15-10-7-14/h2-5,15-16H,6-11H2,1H3. The summed E-state index contributed by atoms with van der Waals surface area (Å²) in [6.07, 6.45) is 3.04. The van der Waals surface area contributed by atoms with Crippen molar-refractivity contribution >= 4 is 0 Å². The van der Waals surface area contributed by atoms with Gasteiger partial charge in [0, 0.05) is 6.61 Å². The highest BCUT2D eigenvalue weighted by Crippen LogP contribution is 2.37. The Balaban J connectivity index is 2.24. The molecule has 3 nitrogen and oxygen atoms in total. The number of benzene rings is 1. The van der Waals surface area contributed by atoms with Crippen LogP contribution >= 0.6 is 0 Å². The van der Waals surface area contributed by atoms with Gasteiger partial charge in [-0.3, -0.25) is 0 Å². The molecule has 1 aromatic carbocycles. The van der Waals surface area contributed by atoms with Crippen molar-refractivity contribution in [3.05, 3.63) is 29.8 Å². The van der Waals surface area contributed by atoms with Gasteiger partial charge in [-0.2, -0.15) is 0 Å². The summed E-state index contributed by atoms with van der Waals surface area (Å²) in [5.41, 5.74) is 1.47. The van der Waals surface area contributed by atoms with Crippen LogP contribution in [0.3, 0.4) is 0 Å². The van der Waals surface area contributed by atoms with Crippen LogP contribution in [0.2, 0.25) is 0 Å². The number of aliphatic hydroxyl groups excluding tert-OH is 1. The summed E-state index contributed by atoms with van der Waals surface area (Å²) >= 11 is 0. The maximum atomic E-state index is 9.30. The summed E-state index contributed by atoms with van der Waals surface area (Å²) in [5, 5.41) is 12.7. The Morgan fingerprint density at radius 1 is 1.24 bits per heavy atom. The largest absolute Gasteiger partial charge is 0.497 e. The Hall–Kier alpha value is -1.06. The van der Waals surface area contributed by atoms with Gasteiger partial charge < -0.3 is 15.2 Å². The van der Waals surface area contributed by atoms with Crippen molar-refractivity contribution in [1.82, 2.24) is 5.32 Å². The number of hydrogen-bond donors (Lipinski definition) is 2. The summed E-state index contributed by atoms with van der Waals surface area (Å²) in [5.74, 6) is 0.891. The Morgan fingerprint density at radius 2 is 1.88 bits per heavy atom. The van der Waals surface area contributed by atoms with Crippen molar-refractivity contribution in [2.24, 2.45) is 0 Å². The van der Waals surface area contributed by atoms with Crippen LogP contribution in [0.5, 0.6) is 5.75 Å². The third-order valence-corrected chi connectivity index (χ3v) is 3.85. The van der Waals surface area contributed by atoms with Crippen molar-refractivity contribution in [1.29, 1.82) is 0 Å². The Kier molecular flexibility index (Phi) is 4.02. The predicted molar refractivity (Wildman–Crippen MR) is 68.5 cm³/mol. The van der Waals surface area contributed by atoms with E-state index in [0.717, 1.165) is 38.1 Å². The molecular formula is C14H21NO2. The molecule has 94 valence electrons. The van der Waals surface area contributed by atoms with Crippen molar-refractivity contribution in [3.63, 3.8) is 0 Å². The van der Waals surface area contributed by atoms with Crippen LogP contribution in [0.25, 0.3) is 0 Å². The highest BCUT2D eigenvalue weighted by molar-refractivity contribution is 5.33. The molecule has 1 fully saturated rings. The van der Waals surface area contributed by atoms with Gasteiger partial charge in [0.2, 0.25) is 0 Å². The first-order valence-electron chi connectivity index (χ1n) is 6.27. The quantitative estimate of drug-likeness (QED) is 0.834. The molecule has 0 atom stereocenters. The van der Waals surface area contributed by atoms with Crippen LogP contribution in [0.15, 0.2) is 24.3 Å². The normalized spacial score (nSPS) is 18.9. The molecule has 1 saturated heterocycles. The highest BCUT2D eigenvalue weighted by Gasteiger charge is 2.33. The highest BCUT2D eigenvalue weighted by atomic mass is 16.5. The number of aliphatic hydroxyl groups is 1. The van der Waals surface area contributed by atoms with E-state index in [1.807, 2.05) is 12.1 Å². The lowest BCUT2D eigenvalue weighted by atomic mass is 9.71. The van der Waals surface area contributed by atoms with Gasteiger partial charge in [0.1, 0.15) is 5.75 Å². The van der Waals surface area contributed by atoms with Gasteiger partial charge in [0.25, 0.3) is 0 Å². The van der Waals surface area contributed by atoms with Crippen LogP contribution in [0.1, 0.15) is 24.8 Å². The van der Waals surface area contributed by atoms with Crippen molar-refractivity contribution in [3.8, 4) is 5.75 Å². The lowest BCUT2D eigenvalue weighted by Crippen LogP contribution is -2.40. The molecule has 0 saturated carbocycles. The SMILES string of the molecule is COc1ccc(C2(CCO)CCNCC2)cc1. The van der Waals surface area contributed by atoms with E-state index in [4.69, 9.17) is 4.74 Å². The van der Waals surface area contributed by atoms with Gasteiger partial charge in [-0.1, -0.05) is 12.1 Å². The first-order chi connectivity index (χ1) is 8.30. The van der Waals surface area contributed by atoms with Crippen molar-refractivity contribution in [2.45, 2.75) is 24.7 Å². The first-order valence-corrected chi connectivity index (χ1v) is 6.27. The van der Waals surface area contributed by atoms with Crippen LogP contribution in [0, 0.1) is 0 Å². The van der Waals surface area contributed by atoms with Gasteiger partial charge >= 0.3 is 0 Å². The fourth-order valence-electron chi connectivity index (χ4n) is 2.75. The molecule has 3 heteroatoms. The molecule has 2 N–H and O–H groups in total. The third kappa shape index (κ3) is 2.61. The average molecular weight is 235 g/mol. The minimum absolute atomic E-state index is 0.145. The Bertz CT molecular complexity index is 336. The second kappa shape index (κ2) is 5.52. The molecule has 17 heavy (non-hydrogen) atoms. The van der Waals surface area contributed by atoms with Crippen LogP contribution in [0.4, 0.5) is 0 Å². The lowest BCUT2D eigenvalue weighted by molar-refractivity contribution is 0.204. The minimum atomic E-state index is 0.145. The van der Waals surface area contributed by atoms with Crippen LogP contribution in [-0.4, -0.2) is 31.9 Å². The van der Waals surface area contributed by atoms with E-state index in [1.165, 1.54) is 5.56 Å². The van der Waals surface area contributed by atoms with Gasteiger partial charge in [-0.15, -0.1) is 0 Å². The summed E-state index contributed by atoms with van der Waals surface area (Å²) in [6, 6.07) is 8.30. The van der Waals surface area contributed by atoms with E-state index in [9.17, 15) is 5.11 Å². The topological polar surface area (TPSA) is 41.5 Å². The van der Waals surface area contributed by atoms with Gasteiger partial charge in [-0.05, 0) is 55.5 Å². The van der Waals surface area contributed by atoms with Crippen molar-refractivity contribution in [2.75, 3.05) is 26.8 Å². The zero-order valence-corrected chi connectivity index (χ0v) is 10.4. The van der Waals surface area contributed by atoms with Gasteiger partial charge in [0.15, 0.2) is 0 Å². The number of nitrogens with one attached hydrogen (secondary N) is 1. The molecule has 1 aromatic rings. The first kappa shape index (κ1) is 12.4. The zero-order valence-electron chi connectivity index (χ0n) is 10.4. The number of hydrogen-bond acceptors (Lipinski definition) is 3. The van der Waals surface area contributed by atoms with E-state index in [0.29, 0.717) is 0 Å². The van der Waals surface area contributed by atoms with E-state index in [-0.39, 0.29) is 12.0 Å². The number of methoxy groups -OCH3 is 1. The zero-order chi connectivity index (χ0) is 12.1. The Labute approximate surface area is 103 Å². The van der Waals surface area contributed by atoms with Crippen molar-refractivity contribution < 1.29 is 9.84 Å². The van der Waals surface area contributed by atoms with Gasteiger partial charge in [0.05, 0.1) is 7.11 Å². The molecule has 0 unspecified atom stereocenters. The van der Waals surface area contributed by atoms with Crippen LogP contribution in [-0.2, 0) is 5.41 Å². The third-order valence-electron chi connectivity index (χ3n) is 3.85. The summed E-state index contributed by atoms with van der Waals surface area (Å²) in [7, 11) is 1.68. The fraction of sp³-hybridized carbons (Fsp3) is 0.571. The smallest absolute Gasteiger partial charge is 0.118 e. The monoisotopic (exact) mass is 235 g/mol. The second-order valence-corrected chi connectivity index (χ2v) is 4.73. The van der Waals surface area contributed by atoms with Crippen LogP contribution < -0.4 is 10.1 Å². The predicted octanol–water partition coefficient (Wildman–Crippen LogP) is 1.70. The van der Waals surface area contributed by atoms with E-state index in [1.54, 1.807) is 7.11 Å². The van der Waals surface area contributed by atoms with E-state index in [2.05, 4.69) is 17.4 Å². The molecule has 1 aliphatic rings. The Morgan fingerprint density at radius 3 is 2.41 bits per heavy atom. The summed E-state index contributed by atoms with van der Waals surface area (Å²) in [4.78, 5) is 0. The molecule has 0 aliphatic carbocycles. The fourth-order valence-corrected chi connectivity index (χ4v) is 2.75. The lowest BCUT2D eigenvalue weighted by Gasteiger charge is -2.38. The molecule has 1 aliphatic heterocycles. The molecule has 0 radical (unpaired) electrons. The maximum absolute atomic E-state index is 9.30. The second-order valence-electron chi connectivity index (χ2n) is 4.73. The molecule has 0 amide bonds. The average Bonchev–Trinajstić information content (AvgIpc) is 2.40. The molecular weight excluding hydrogens is 214 g/mol. The maximum Gasteiger partial charge on any atom is 0.118 e. The summed E-state index contributed by atoms with van der Waals surface area (Å²) in [6.45, 7) is 2.32. The number of rotatable bonds is 4.